The molecule has 2 saturated carbocycles. The maximum absolute atomic E-state index is 12.0. The summed E-state index contributed by atoms with van der Waals surface area (Å²) in [7, 11) is 0. The number of hydrogen-bond acceptors (Lipinski definition) is 2. The Hall–Kier alpha value is -1.55. The van der Waals surface area contributed by atoms with Gasteiger partial charge in [0.15, 0.2) is 0 Å². The number of hydrogen-bond donors (Lipinski definition) is 3. The Bertz CT molecular complexity index is 485. The highest BCUT2D eigenvalue weighted by Gasteiger charge is 2.44. The van der Waals surface area contributed by atoms with Crippen molar-refractivity contribution in [3.63, 3.8) is 0 Å². The molecule has 4 heteroatoms. The van der Waals surface area contributed by atoms with Crippen molar-refractivity contribution in [3.05, 3.63) is 35.9 Å². The smallest absolute Gasteiger partial charge is 0.315 e. The number of rotatable bonds is 4. The van der Waals surface area contributed by atoms with Crippen LogP contribution in [0.2, 0.25) is 0 Å². The highest BCUT2D eigenvalue weighted by atomic mass is 16.3. The van der Waals surface area contributed by atoms with Crippen LogP contribution in [0.5, 0.6) is 0 Å². The predicted molar refractivity (Wildman–Crippen MR) is 82.2 cm³/mol. The van der Waals surface area contributed by atoms with Crippen molar-refractivity contribution in [2.45, 2.75) is 56.1 Å². The van der Waals surface area contributed by atoms with Gasteiger partial charge in [0.2, 0.25) is 0 Å². The number of aliphatic hydroxyl groups is 1. The fourth-order valence-electron chi connectivity index (χ4n) is 3.26. The average molecular weight is 288 g/mol. The van der Waals surface area contributed by atoms with Crippen LogP contribution in [0.25, 0.3) is 0 Å². The van der Waals surface area contributed by atoms with Crippen LogP contribution in [0.1, 0.15) is 44.1 Å². The van der Waals surface area contributed by atoms with Crippen LogP contribution in [0.4, 0.5) is 4.79 Å². The molecule has 0 heterocycles. The molecule has 2 unspecified atom stereocenters. The number of carbonyl (C=O) groups excluding carboxylic acids is 1. The van der Waals surface area contributed by atoms with E-state index in [4.69, 9.17) is 0 Å². The number of benzene rings is 1. The minimum Gasteiger partial charge on any atom is -0.391 e. The van der Waals surface area contributed by atoms with Gasteiger partial charge < -0.3 is 15.7 Å². The maximum atomic E-state index is 12.0. The largest absolute Gasteiger partial charge is 0.391 e. The Balaban J connectivity index is 1.50. The van der Waals surface area contributed by atoms with E-state index in [1.54, 1.807) is 0 Å². The first-order valence-electron chi connectivity index (χ1n) is 7.98. The second kappa shape index (κ2) is 6.06. The Labute approximate surface area is 125 Å². The zero-order valence-electron chi connectivity index (χ0n) is 12.3. The van der Waals surface area contributed by atoms with Crippen molar-refractivity contribution < 1.29 is 9.90 Å². The summed E-state index contributed by atoms with van der Waals surface area (Å²) in [4.78, 5) is 12.0. The van der Waals surface area contributed by atoms with Crippen molar-refractivity contribution in [2.24, 2.45) is 0 Å². The molecular weight excluding hydrogens is 264 g/mol. The standard InChI is InChI=1S/C17H24N2O2/c20-15-9-5-4-8-14(15)19-16(21)18-12-17(10-11-17)13-6-2-1-3-7-13/h1-3,6-7,14-15,20H,4-5,8-12H2,(H2,18,19,21). The molecule has 0 bridgehead atoms. The maximum Gasteiger partial charge on any atom is 0.315 e. The van der Waals surface area contributed by atoms with Crippen molar-refractivity contribution in [1.29, 1.82) is 0 Å². The molecule has 2 aliphatic rings. The fourth-order valence-corrected chi connectivity index (χ4v) is 3.26. The van der Waals surface area contributed by atoms with Gasteiger partial charge in [-0.3, -0.25) is 0 Å². The lowest BCUT2D eigenvalue weighted by Crippen LogP contribution is -2.50. The van der Waals surface area contributed by atoms with Gasteiger partial charge in [-0.25, -0.2) is 4.79 Å². The van der Waals surface area contributed by atoms with Gasteiger partial charge in [-0.15, -0.1) is 0 Å². The van der Waals surface area contributed by atoms with Crippen molar-refractivity contribution in [2.75, 3.05) is 6.54 Å². The second-order valence-corrected chi connectivity index (χ2v) is 6.43. The molecule has 1 aromatic carbocycles. The van der Waals surface area contributed by atoms with Crippen molar-refractivity contribution in [1.82, 2.24) is 10.6 Å². The number of amides is 2. The van der Waals surface area contributed by atoms with Gasteiger partial charge in [0.1, 0.15) is 0 Å². The SMILES string of the molecule is O=C(NCC1(c2ccccc2)CC1)NC1CCCCC1O. The van der Waals surface area contributed by atoms with Gasteiger partial charge in [-0.1, -0.05) is 43.2 Å². The first-order chi connectivity index (χ1) is 10.2. The molecule has 21 heavy (non-hydrogen) atoms. The predicted octanol–water partition coefficient (Wildman–Crippen LogP) is 2.32. The summed E-state index contributed by atoms with van der Waals surface area (Å²) in [6.07, 6.45) is 5.66. The molecule has 2 amide bonds. The summed E-state index contributed by atoms with van der Waals surface area (Å²) in [5, 5.41) is 15.8. The topological polar surface area (TPSA) is 61.4 Å². The molecule has 3 rings (SSSR count). The lowest BCUT2D eigenvalue weighted by atomic mass is 9.93. The molecular formula is C17H24N2O2. The fraction of sp³-hybridized carbons (Fsp3) is 0.588. The first-order valence-corrected chi connectivity index (χ1v) is 7.98. The average Bonchev–Trinajstić information content (AvgIpc) is 3.30. The van der Waals surface area contributed by atoms with E-state index in [0.29, 0.717) is 6.54 Å². The minimum absolute atomic E-state index is 0.0920. The molecule has 3 N–H and O–H groups in total. The van der Waals surface area contributed by atoms with Crippen LogP contribution in [-0.2, 0) is 5.41 Å². The van der Waals surface area contributed by atoms with E-state index in [-0.39, 0.29) is 17.5 Å². The third-order valence-corrected chi connectivity index (χ3v) is 4.87. The lowest BCUT2D eigenvalue weighted by Gasteiger charge is -2.28. The normalized spacial score (nSPS) is 26.9. The zero-order chi connectivity index (χ0) is 14.7. The highest BCUT2D eigenvalue weighted by molar-refractivity contribution is 5.74. The quantitative estimate of drug-likeness (QED) is 0.796. The van der Waals surface area contributed by atoms with Crippen LogP contribution in [-0.4, -0.2) is 29.8 Å². The summed E-state index contributed by atoms with van der Waals surface area (Å²) in [5.74, 6) is 0. The molecule has 0 aliphatic heterocycles. The van der Waals surface area contributed by atoms with Gasteiger partial charge in [0.05, 0.1) is 12.1 Å². The molecule has 2 fully saturated rings. The summed E-state index contributed by atoms with van der Waals surface area (Å²) in [6, 6.07) is 10.1. The Morgan fingerprint density at radius 2 is 1.90 bits per heavy atom. The Morgan fingerprint density at radius 3 is 2.57 bits per heavy atom. The third kappa shape index (κ3) is 3.38. The molecule has 0 radical (unpaired) electrons. The molecule has 2 aliphatic carbocycles. The van der Waals surface area contributed by atoms with Gasteiger partial charge in [0, 0.05) is 12.0 Å². The first kappa shape index (κ1) is 14.4. The molecule has 114 valence electrons. The van der Waals surface area contributed by atoms with E-state index >= 15 is 0 Å². The van der Waals surface area contributed by atoms with Crippen LogP contribution < -0.4 is 10.6 Å². The van der Waals surface area contributed by atoms with E-state index in [1.165, 1.54) is 5.56 Å². The number of urea groups is 1. The van der Waals surface area contributed by atoms with Gasteiger partial charge in [0.25, 0.3) is 0 Å². The number of aliphatic hydroxyl groups excluding tert-OH is 1. The van der Waals surface area contributed by atoms with Crippen LogP contribution in [0.3, 0.4) is 0 Å². The summed E-state index contributed by atoms with van der Waals surface area (Å²) < 4.78 is 0. The minimum atomic E-state index is -0.395. The van der Waals surface area contributed by atoms with Crippen LogP contribution in [0.15, 0.2) is 30.3 Å². The molecule has 0 spiro atoms. The summed E-state index contributed by atoms with van der Waals surface area (Å²) in [6.45, 7) is 0.672. The molecule has 4 nitrogen and oxygen atoms in total. The van der Waals surface area contributed by atoms with E-state index < -0.39 is 6.10 Å². The van der Waals surface area contributed by atoms with E-state index in [9.17, 15) is 9.90 Å². The third-order valence-electron chi connectivity index (χ3n) is 4.87. The number of carbonyl (C=O) groups is 1. The van der Waals surface area contributed by atoms with Gasteiger partial charge >= 0.3 is 6.03 Å². The summed E-state index contributed by atoms with van der Waals surface area (Å²) >= 11 is 0. The zero-order valence-corrected chi connectivity index (χ0v) is 12.3. The van der Waals surface area contributed by atoms with Crippen LogP contribution >= 0.6 is 0 Å². The van der Waals surface area contributed by atoms with E-state index in [0.717, 1.165) is 38.5 Å². The Kier molecular flexibility index (Phi) is 4.15. The summed E-state index contributed by atoms with van der Waals surface area (Å²) in [5.41, 5.74) is 1.44. The number of nitrogens with one attached hydrogen (secondary N) is 2. The van der Waals surface area contributed by atoms with E-state index in [2.05, 4.69) is 22.8 Å². The van der Waals surface area contributed by atoms with Gasteiger partial charge in [-0.05, 0) is 31.2 Å². The van der Waals surface area contributed by atoms with Gasteiger partial charge in [-0.2, -0.15) is 0 Å². The molecule has 1 aromatic rings. The monoisotopic (exact) mass is 288 g/mol. The second-order valence-electron chi connectivity index (χ2n) is 6.43. The highest BCUT2D eigenvalue weighted by Crippen LogP contribution is 2.47. The molecule has 2 atom stereocenters. The Morgan fingerprint density at radius 1 is 1.19 bits per heavy atom. The van der Waals surface area contributed by atoms with Crippen LogP contribution in [0, 0.1) is 0 Å². The van der Waals surface area contributed by atoms with Crippen molar-refractivity contribution >= 4 is 6.03 Å². The molecule has 0 saturated heterocycles. The van der Waals surface area contributed by atoms with E-state index in [1.807, 2.05) is 18.2 Å². The van der Waals surface area contributed by atoms with Crippen molar-refractivity contribution in [3.8, 4) is 0 Å². The molecule has 0 aromatic heterocycles. The lowest BCUT2D eigenvalue weighted by molar-refractivity contribution is 0.0943.